The van der Waals surface area contributed by atoms with Gasteiger partial charge in [-0.3, -0.25) is 0 Å². The van der Waals surface area contributed by atoms with Gasteiger partial charge in [-0.15, -0.1) is 0 Å². The van der Waals surface area contributed by atoms with Crippen molar-refractivity contribution in [2.45, 2.75) is 20.3 Å². The summed E-state index contributed by atoms with van der Waals surface area (Å²) in [5.74, 6) is 1.17. The fourth-order valence-corrected chi connectivity index (χ4v) is 1.57. The van der Waals surface area contributed by atoms with E-state index >= 15 is 0 Å². The summed E-state index contributed by atoms with van der Waals surface area (Å²) in [5.41, 5.74) is 0.949. The molecule has 1 aromatic heterocycles. The highest BCUT2D eigenvalue weighted by molar-refractivity contribution is 5.56. The Morgan fingerprint density at radius 1 is 1.05 bits per heavy atom. The quantitative estimate of drug-likeness (QED) is 0.863. The van der Waals surface area contributed by atoms with Gasteiger partial charge in [0.1, 0.15) is 0 Å². The van der Waals surface area contributed by atoms with Gasteiger partial charge < -0.3 is 10.1 Å². The molecule has 0 radical (unpaired) electrons. The second-order valence-corrected chi connectivity index (χ2v) is 4.01. The molecular weight excluding hydrogens is 240 g/mol. The van der Waals surface area contributed by atoms with E-state index < -0.39 is 0 Å². The number of nitrogens with one attached hydrogen (secondary N) is 1. The third kappa shape index (κ3) is 3.64. The number of hydrogen-bond donors (Lipinski definition) is 1. The molecule has 1 aromatic carbocycles. The van der Waals surface area contributed by atoms with Crippen molar-refractivity contribution in [3.8, 4) is 17.4 Å². The Balaban J connectivity index is 2.33. The van der Waals surface area contributed by atoms with Crippen molar-refractivity contribution in [1.29, 1.82) is 0 Å². The fourth-order valence-electron chi connectivity index (χ4n) is 1.57. The molecule has 0 atom stereocenters. The van der Waals surface area contributed by atoms with Gasteiger partial charge in [0.15, 0.2) is 5.82 Å². The lowest BCUT2D eigenvalue weighted by atomic mass is 10.2. The van der Waals surface area contributed by atoms with Crippen LogP contribution >= 0.6 is 0 Å². The van der Waals surface area contributed by atoms with Gasteiger partial charge in [-0.1, -0.05) is 37.3 Å². The Kier molecular flexibility index (Phi) is 4.66. The molecule has 0 amide bonds. The van der Waals surface area contributed by atoms with E-state index in [-0.39, 0.29) is 0 Å². The van der Waals surface area contributed by atoms with E-state index in [1.54, 1.807) is 0 Å². The number of aromatic nitrogens is 3. The maximum atomic E-state index is 5.50. The first kappa shape index (κ1) is 13.3. The summed E-state index contributed by atoms with van der Waals surface area (Å²) in [6.07, 6.45) is 0.920. The Morgan fingerprint density at radius 2 is 1.84 bits per heavy atom. The van der Waals surface area contributed by atoms with Gasteiger partial charge in [-0.2, -0.15) is 15.0 Å². The monoisotopic (exact) mass is 258 g/mol. The number of benzene rings is 1. The van der Waals surface area contributed by atoms with Gasteiger partial charge in [-0.25, -0.2) is 0 Å². The van der Waals surface area contributed by atoms with Crippen LogP contribution in [0.25, 0.3) is 11.4 Å². The lowest BCUT2D eigenvalue weighted by Gasteiger charge is -2.08. The van der Waals surface area contributed by atoms with Crippen LogP contribution in [0.1, 0.15) is 20.3 Å². The SMILES string of the molecule is CCCOc1nc(NCC)nc(-c2ccccc2)n1. The molecule has 19 heavy (non-hydrogen) atoms. The minimum absolute atomic E-state index is 0.367. The van der Waals surface area contributed by atoms with Crippen molar-refractivity contribution in [2.75, 3.05) is 18.5 Å². The molecule has 0 aliphatic heterocycles. The third-order valence-electron chi connectivity index (χ3n) is 2.42. The molecule has 0 unspecified atom stereocenters. The van der Waals surface area contributed by atoms with Crippen LogP contribution in [0.2, 0.25) is 0 Å². The lowest BCUT2D eigenvalue weighted by Crippen LogP contribution is -2.08. The molecule has 0 aliphatic rings. The standard InChI is InChI=1S/C14H18N4O/c1-3-10-19-14-17-12(11-8-6-5-7-9-11)16-13(18-14)15-4-2/h5-9H,3-4,10H2,1-2H3,(H,15,16,17,18). The van der Waals surface area contributed by atoms with E-state index in [4.69, 9.17) is 4.74 Å². The van der Waals surface area contributed by atoms with Crippen molar-refractivity contribution in [3.63, 3.8) is 0 Å². The lowest BCUT2D eigenvalue weighted by molar-refractivity contribution is 0.292. The molecule has 1 N–H and O–H groups in total. The molecule has 0 fully saturated rings. The van der Waals surface area contributed by atoms with Gasteiger partial charge in [0.25, 0.3) is 0 Å². The van der Waals surface area contributed by atoms with Crippen LogP contribution in [0.5, 0.6) is 6.01 Å². The van der Waals surface area contributed by atoms with Crippen molar-refractivity contribution in [2.24, 2.45) is 0 Å². The van der Waals surface area contributed by atoms with Gasteiger partial charge in [0.2, 0.25) is 5.95 Å². The number of hydrogen-bond acceptors (Lipinski definition) is 5. The van der Waals surface area contributed by atoms with Crippen molar-refractivity contribution in [3.05, 3.63) is 30.3 Å². The summed E-state index contributed by atoms with van der Waals surface area (Å²) < 4.78 is 5.50. The average Bonchev–Trinajstić information content (AvgIpc) is 2.46. The normalized spacial score (nSPS) is 10.2. The molecule has 0 saturated heterocycles. The van der Waals surface area contributed by atoms with Gasteiger partial charge in [0, 0.05) is 12.1 Å². The van der Waals surface area contributed by atoms with Crippen molar-refractivity contribution >= 4 is 5.95 Å². The zero-order chi connectivity index (χ0) is 13.5. The summed E-state index contributed by atoms with van der Waals surface area (Å²) in [6.45, 7) is 5.40. The number of nitrogens with zero attached hydrogens (tertiary/aromatic N) is 3. The van der Waals surface area contributed by atoms with Crippen LogP contribution in [-0.4, -0.2) is 28.1 Å². The van der Waals surface area contributed by atoms with E-state index in [1.165, 1.54) is 0 Å². The van der Waals surface area contributed by atoms with Crippen LogP contribution < -0.4 is 10.1 Å². The second-order valence-electron chi connectivity index (χ2n) is 4.01. The zero-order valence-electron chi connectivity index (χ0n) is 11.3. The molecule has 2 aromatic rings. The molecule has 0 bridgehead atoms. The molecule has 0 saturated carbocycles. The van der Waals surface area contributed by atoms with Gasteiger partial charge >= 0.3 is 6.01 Å². The predicted octanol–water partition coefficient (Wildman–Crippen LogP) is 2.76. The summed E-state index contributed by atoms with van der Waals surface area (Å²) in [5, 5.41) is 3.09. The molecule has 5 nitrogen and oxygen atoms in total. The highest BCUT2D eigenvalue weighted by atomic mass is 16.5. The smallest absolute Gasteiger partial charge is 0.321 e. The minimum atomic E-state index is 0.367. The number of rotatable bonds is 6. The summed E-state index contributed by atoms with van der Waals surface area (Å²) in [7, 11) is 0. The van der Waals surface area contributed by atoms with E-state index in [0.29, 0.717) is 24.4 Å². The topological polar surface area (TPSA) is 59.9 Å². The minimum Gasteiger partial charge on any atom is -0.463 e. The molecule has 0 spiro atoms. The Labute approximate surface area is 113 Å². The molecular formula is C14H18N4O. The first-order valence-corrected chi connectivity index (χ1v) is 6.51. The fraction of sp³-hybridized carbons (Fsp3) is 0.357. The second kappa shape index (κ2) is 6.68. The van der Waals surface area contributed by atoms with E-state index in [2.05, 4.69) is 20.3 Å². The van der Waals surface area contributed by atoms with Crippen molar-refractivity contribution < 1.29 is 4.74 Å². The Bertz CT molecular complexity index is 516. The van der Waals surface area contributed by atoms with Crippen LogP contribution in [0.3, 0.4) is 0 Å². The summed E-state index contributed by atoms with van der Waals surface area (Å²) in [6, 6.07) is 10.2. The largest absolute Gasteiger partial charge is 0.463 e. The Morgan fingerprint density at radius 3 is 2.53 bits per heavy atom. The molecule has 5 heteroatoms. The zero-order valence-corrected chi connectivity index (χ0v) is 11.3. The van der Waals surface area contributed by atoms with E-state index in [1.807, 2.05) is 44.2 Å². The molecule has 0 aliphatic carbocycles. The molecule has 100 valence electrons. The summed E-state index contributed by atoms with van der Waals surface area (Å²) in [4.78, 5) is 13.0. The van der Waals surface area contributed by atoms with E-state index in [9.17, 15) is 0 Å². The average molecular weight is 258 g/mol. The van der Waals surface area contributed by atoms with Crippen LogP contribution in [0, 0.1) is 0 Å². The van der Waals surface area contributed by atoms with Crippen LogP contribution in [0.4, 0.5) is 5.95 Å². The highest BCUT2D eigenvalue weighted by Gasteiger charge is 2.08. The van der Waals surface area contributed by atoms with Crippen LogP contribution in [-0.2, 0) is 0 Å². The molecule has 1 heterocycles. The predicted molar refractivity (Wildman–Crippen MR) is 75.2 cm³/mol. The summed E-state index contributed by atoms with van der Waals surface area (Å²) >= 11 is 0. The van der Waals surface area contributed by atoms with Gasteiger partial charge in [0.05, 0.1) is 6.61 Å². The highest BCUT2D eigenvalue weighted by Crippen LogP contribution is 2.18. The maximum absolute atomic E-state index is 5.50. The first-order chi connectivity index (χ1) is 9.33. The van der Waals surface area contributed by atoms with Crippen molar-refractivity contribution in [1.82, 2.24) is 15.0 Å². The van der Waals surface area contributed by atoms with Gasteiger partial charge in [-0.05, 0) is 13.3 Å². The van der Waals surface area contributed by atoms with E-state index in [0.717, 1.165) is 18.5 Å². The Hall–Kier alpha value is -2.17. The number of ether oxygens (including phenoxy) is 1. The maximum Gasteiger partial charge on any atom is 0.321 e. The first-order valence-electron chi connectivity index (χ1n) is 6.51. The molecule has 2 rings (SSSR count). The third-order valence-corrected chi connectivity index (χ3v) is 2.42. The number of anilines is 1. The van der Waals surface area contributed by atoms with Crippen LogP contribution in [0.15, 0.2) is 30.3 Å².